The van der Waals surface area contributed by atoms with Crippen LogP contribution in [0.1, 0.15) is 19.3 Å². The number of carbonyl (C=O) groups excluding carboxylic acids is 1. The van der Waals surface area contributed by atoms with Crippen LogP contribution in [0, 0.1) is 5.92 Å². The maximum absolute atomic E-state index is 11.3. The van der Waals surface area contributed by atoms with E-state index < -0.39 is 0 Å². The van der Waals surface area contributed by atoms with Gasteiger partial charge >= 0.3 is 0 Å². The van der Waals surface area contributed by atoms with Crippen LogP contribution in [0.5, 0.6) is 5.75 Å². The van der Waals surface area contributed by atoms with Crippen molar-refractivity contribution in [2.45, 2.75) is 25.4 Å². The Bertz CT molecular complexity index is 731. The largest absolute Gasteiger partial charge is 0.490 e. The maximum atomic E-state index is 11.3. The fourth-order valence-corrected chi connectivity index (χ4v) is 3.93. The number of rotatable bonds is 4. The first-order valence-electron chi connectivity index (χ1n) is 8.89. The predicted octanol–water partition coefficient (Wildman–Crippen LogP) is 2.16. The molecule has 2 aliphatic heterocycles. The SMILES string of the molecule is Cn1ccc2c(OC3CCN(CC4CNC(=O)C4)CC3)cccc21. The molecular formula is C19H25N3O2. The molecule has 1 amide bonds. The van der Waals surface area contributed by atoms with Gasteiger partial charge in [-0.25, -0.2) is 0 Å². The van der Waals surface area contributed by atoms with Gasteiger partial charge in [-0.15, -0.1) is 0 Å². The van der Waals surface area contributed by atoms with Crippen LogP contribution < -0.4 is 10.1 Å². The minimum atomic E-state index is 0.203. The molecule has 0 aliphatic carbocycles. The molecule has 1 aromatic carbocycles. The molecule has 1 aromatic heterocycles. The molecule has 0 saturated carbocycles. The van der Waals surface area contributed by atoms with Crippen molar-refractivity contribution in [1.82, 2.24) is 14.8 Å². The van der Waals surface area contributed by atoms with E-state index >= 15 is 0 Å². The summed E-state index contributed by atoms with van der Waals surface area (Å²) in [5.74, 6) is 1.68. The van der Waals surface area contributed by atoms with Crippen molar-refractivity contribution in [1.29, 1.82) is 0 Å². The molecule has 24 heavy (non-hydrogen) atoms. The summed E-state index contributed by atoms with van der Waals surface area (Å²) in [5.41, 5.74) is 1.21. The van der Waals surface area contributed by atoms with Gasteiger partial charge in [0.05, 0.1) is 5.52 Å². The quantitative estimate of drug-likeness (QED) is 0.936. The molecule has 3 heterocycles. The van der Waals surface area contributed by atoms with Crippen molar-refractivity contribution < 1.29 is 9.53 Å². The van der Waals surface area contributed by atoms with Gasteiger partial charge in [0.2, 0.25) is 5.91 Å². The third-order valence-corrected chi connectivity index (χ3v) is 5.29. The molecule has 1 atom stereocenters. The van der Waals surface area contributed by atoms with Crippen LogP contribution in [0.3, 0.4) is 0 Å². The summed E-state index contributed by atoms with van der Waals surface area (Å²) in [6.45, 7) is 3.98. The average Bonchev–Trinajstić information content (AvgIpc) is 3.16. The summed E-state index contributed by atoms with van der Waals surface area (Å²) < 4.78 is 8.44. The van der Waals surface area contributed by atoms with E-state index in [1.165, 1.54) is 10.9 Å². The molecule has 5 heteroatoms. The van der Waals surface area contributed by atoms with Crippen LogP contribution in [0.4, 0.5) is 0 Å². The van der Waals surface area contributed by atoms with Crippen LogP contribution in [0.25, 0.3) is 10.9 Å². The molecule has 0 bridgehead atoms. The lowest BCUT2D eigenvalue weighted by Gasteiger charge is -2.33. The number of nitrogens with one attached hydrogen (secondary N) is 1. The third kappa shape index (κ3) is 3.13. The zero-order valence-electron chi connectivity index (χ0n) is 14.2. The highest BCUT2D eigenvalue weighted by molar-refractivity contribution is 5.86. The molecule has 0 spiro atoms. The van der Waals surface area contributed by atoms with Crippen LogP contribution in [0.2, 0.25) is 0 Å². The monoisotopic (exact) mass is 327 g/mol. The van der Waals surface area contributed by atoms with E-state index in [0.29, 0.717) is 12.3 Å². The predicted molar refractivity (Wildman–Crippen MR) is 94.1 cm³/mol. The Morgan fingerprint density at radius 3 is 2.83 bits per heavy atom. The lowest BCUT2D eigenvalue weighted by molar-refractivity contribution is -0.119. The number of benzene rings is 1. The molecule has 4 rings (SSSR count). The molecule has 128 valence electrons. The topological polar surface area (TPSA) is 46.5 Å². The number of aromatic nitrogens is 1. The number of piperidine rings is 1. The second kappa shape index (κ2) is 6.48. The second-order valence-corrected chi connectivity index (χ2v) is 7.11. The number of likely N-dealkylation sites (tertiary alicyclic amines) is 1. The van der Waals surface area contributed by atoms with Crippen molar-refractivity contribution in [3.8, 4) is 5.75 Å². The highest BCUT2D eigenvalue weighted by Crippen LogP contribution is 2.29. The summed E-state index contributed by atoms with van der Waals surface area (Å²) in [5, 5.41) is 4.12. The molecule has 0 radical (unpaired) electrons. The number of hydrogen-bond acceptors (Lipinski definition) is 3. The summed E-state index contributed by atoms with van der Waals surface area (Å²) in [4.78, 5) is 13.8. The minimum absolute atomic E-state index is 0.203. The lowest BCUT2D eigenvalue weighted by atomic mass is 10.0. The molecule has 2 fully saturated rings. The van der Waals surface area contributed by atoms with Crippen molar-refractivity contribution in [2.75, 3.05) is 26.2 Å². The van der Waals surface area contributed by atoms with E-state index in [1.54, 1.807) is 0 Å². The van der Waals surface area contributed by atoms with E-state index in [-0.39, 0.29) is 12.0 Å². The average molecular weight is 327 g/mol. The van der Waals surface area contributed by atoms with E-state index in [0.717, 1.165) is 44.8 Å². The van der Waals surface area contributed by atoms with E-state index in [1.807, 2.05) is 0 Å². The van der Waals surface area contributed by atoms with Crippen LogP contribution in [0.15, 0.2) is 30.5 Å². The third-order valence-electron chi connectivity index (χ3n) is 5.29. The lowest BCUT2D eigenvalue weighted by Crippen LogP contribution is -2.41. The first kappa shape index (κ1) is 15.5. The molecule has 1 N–H and O–H groups in total. The number of fused-ring (bicyclic) bond motifs is 1. The van der Waals surface area contributed by atoms with E-state index in [2.05, 4.69) is 52.3 Å². The standard InChI is InChI=1S/C19H25N3O2/c1-21-8-7-16-17(21)3-2-4-18(16)24-15-5-9-22(10-6-15)13-14-11-19(23)20-12-14/h2-4,7-8,14-15H,5-6,9-13H2,1H3,(H,20,23). The van der Waals surface area contributed by atoms with Gasteiger partial charge < -0.3 is 19.5 Å². The first-order valence-corrected chi connectivity index (χ1v) is 8.89. The highest BCUT2D eigenvalue weighted by atomic mass is 16.5. The van der Waals surface area contributed by atoms with Gasteiger partial charge in [-0.05, 0) is 37.0 Å². The second-order valence-electron chi connectivity index (χ2n) is 7.11. The first-order chi connectivity index (χ1) is 11.7. The number of amides is 1. The highest BCUT2D eigenvalue weighted by Gasteiger charge is 2.27. The fraction of sp³-hybridized carbons (Fsp3) is 0.526. The molecule has 2 aliphatic rings. The van der Waals surface area contributed by atoms with Gasteiger partial charge in [0.15, 0.2) is 0 Å². The maximum Gasteiger partial charge on any atom is 0.220 e. The normalized spacial score (nSPS) is 22.9. The van der Waals surface area contributed by atoms with Gasteiger partial charge in [-0.3, -0.25) is 4.79 Å². The Balaban J connectivity index is 1.33. The Morgan fingerprint density at radius 1 is 1.25 bits per heavy atom. The van der Waals surface area contributed by atoms with Crippen LogP contribution in [-0.2, 0) is 11.8 Å². The summed E-state index contributed by atoms with van der Waals surface area (Å²) in [7, 11) is 2.06. The number of ether oxygens (including phenoxy) is 1. The van der Waals surface area contributed by atoms with Gasteiger partial charge in [-0.1, -0.05) is 6.07 Å². The Morgan fingerprint density at radius 2 is 2.08 bits per heavy atom. The Hall–Kier alpha value is -2.01. The summed E-state index contributed by atoms with van der Waals surface area (Å²) in [6.07, 6.45) is 5.16. The number of carbonyl (C=O) groups is 1. The molecule has 1 unspecified atom stereocenters. The smallest absolute Gasteiger partial charge is 0.220 e. The number of nitrogens with zero attached hydrogens (tertiary/aromatic N) is 2. The van der Waals surface area contributed by atoms with Crippen molar-refractivity contribution in [3.05, 3.63) is 30.5 Å². The van der Waals surface area contributed by atoms with Gasteiger partial charge in [0.1, 0.15) is 11.9 Å². The summed E-state index contributed by atoms with van der Waals surface area (Å²) in [6, 6.07) is 8.40. The Labute approximate surface area is 142 Å². The molecule has 2 saturated heterocycles. The number of aryl methyl sites for hydroxylation is 1. The zero-order valence-corrected chi connectivity index (χ0v) is 14.2. The van der Waals surface area contributed by atoms with Crippen molar-refractivity contribution in [3.63, 3.8) is 0 Å². The van der Waals surface area contributed by atoms with Gasteiger partial charge in [0.25, 0.3) is 0 Å². The molecular weight excluding hydrogens is 302 g/mol. The Kier molecular flexibility index (Phi) is 4.19. The van der Waals surface area contributed by atoms with E-state index in [9.17, 15) is 4.79 Å². The number of hydrogen-bond donors (Lipinski definition) is 1. The summed E-state index contributed by atoms with van der Waals surface area (Å²) >= 11 is 0. The van der Waals surface area contributed by atoms with Crippen molar-refractivity contribution in [2.24, 2.45) is 13.0 Å². The van der Waals surface area contributed by atoms with E-state index in [4.69, 9.17) is 4.74 Å². The van der Waals surface area contributed by atoms with Crippen LogP contribution in [-0.4, -0.2) is 47.7 Å². The zero-order chi connectivity index (χ0) is 16.5. The fourth-order valence-electron chi connectivity index (χ4n) is 3.93. The minimum Gasteiger partial charge on any atom is -0.490 e. The van der Waals surface area contributed by atoms with Gasteiger partial charge in [0, 0.05) is 51.2 Å². The van der Waals surface area contributed by atoms with Crippen molar-refractivity contribution >= 4 is 16.8 Å². The van der Waals surface area contributed by atoms with Gasteiger partial charge in [-0.2, -0.15) is 0 Å². The molecule has 2 aromatic rings. The van der Waals surface area contributed by atoms with Crippen LogP contribution >= 0.6 is 0 Å². The molecule has 5 nitrogen and oxygen atoms in total.